The first-order chi connectivity index (χ1) is 9.48. The third-order valence-electron chi connectivity index (χ3n) is 3.30. The third-order valence-corrected chi connectivity index (χ3v) is 5.44. The van der Waals surface area contributed by atoms with E-state index in [4.69, 9.17) is 16.4 Å². The standard InChI is InChI=1S/C12H13ClN2O4S/c13-9-7-10-8(6-12(16)14-10)5-11(9)20(17,18)15-3-1-2-4-19-15/h5,7H,1-4,6H2,(H,14,16). The van der Waals surface area contributed by atoms with Crippen molar-refractivity contribution in [1.29, 1.82) is 0 Å². The molecule has 0 saturated carbocycles. The van der Waals surface area contributed by atoms with Gasteiger partial charge in [0, 0.05) is 12.2 Å². The van der Waals surface area contributed by atoms with Crippen molar-refractivity contribution in [2.24, 2.45) is 0 Å². The first-order valence-corrected chi connectivity index (χ1v) is 8.08. The summed E-state index contributed by atoms with van der Waals surface area (Å²) in [6, 6.07) is 2.92. The van der Waals surface area contributed by atoms with E-state index >= 15 is 0 Å². The molecule has 1 N–H and O–H groups in total. The number of benzene rings is 1. The molecule has 0 aromatic heterocycles. The molecule has 1 amide bonds. The number of halogens is 1. The number of sulfonamides is 1. The summed E-state index contributed by atoms with van der Waals surface area (Å²) in [4.78, 5) is 16.5. The first kappa shape index (κ1) is 13.8. The molecule has 0 unspecified atom stereocenters. The summed E-state index contributed by atoms with van der Waals surface area (Å²) in [6.45, 7) is 0.689. The van der Waals surface area contributed by atoms with E-state index in [1.54, 1.807) is 0 Å². The second kappa shape index (κ2) is 5.00. The fourth-order valence-electron chi connectivity index (χ4n) is 2.30. The topological polar surface area (TPSA) is 75.7 Å². The van der Waals surface area contributed by atoms with E-state index in [0.717, 1.165) is 17.3 Å². The molecule has 2 aliphatic rings. The molecule has 0 aliphatic carbocycles. The molecule has 1 saturated heterocycles. The van der Waals surface area contributed by atoms with E-state index in [0.29, 0.717) is 24.4 Å². The molecule has 0 spiro atoms. The van der Waals surface area contributed by atoms with Crippen LogP contribution < -0.4 is 5.32 Å². The maximum Gasteiger partial charge on any atom is 0.266 e. The van der Waals surface area contributed by atoms with Crippen LogP contribution in [0.4, 0.5) is 5.69 Å². The molecule has 3 rings (SSSR count). The molecule has 20 heavy (non-hydrogen) atoms. The lowest BCUT2D eigenvalue weighted by molar-refractivity contribution is -0.115. The van der Waals surface area contributed by atoms with Gasteiger partial charge in [0.2, 0.25) is 5.91 Å². The Morgan fingerprint density at radius 1 is 1.30 bits per heavy atom. The van der Waals surface area contributed by atoms with Crippen LogP contribution >= 0.6 is 11.6 Å². The molecule has 0 bridgehead atoms. The van der Waals surface area contributed by atoms with Crippen LogP contribution in [-0.4, -0.2) is 31.9 Å². The number of hydroxylamine groups is 1. The predicted molar refractivity (Wildman–Crippen MR) is 72.9 cm³/mol. The summed E-state index contributed by atoms with van der Waals surface area (Å²) in [5, 5.41) is 2.72. The number of nitrogens with zero attached hydrogens (tertiary/aromatic N) is 1. The zero-order valence-corrected chi connectivity index (χ0v) is 12.1. The van der Waals surface area contributed by atoms with Crippen LogP contribution in [0.5, 0.6) is 0 Å². The fourth-order valence-corrected chi connectivity index (χ4v) is 4.15. The Morgan fingerprint density at radius 2 is 2.10 bits per heavy atom. The van der Waals surface area contributed by atoms with Gasteiger partial charge in [-0.25, -0.2) is 8.42 Å². The molecule has 0 radical (unpaired) electrons. The molecule has 1 fully saturated rings. The molecule has 1 aromatic carbocycles. The van der Waals surface area contributed by atoms with Crippen molar-refractivity contribution < 1.29 is 18.0 Å². The third kappa shape index (κ3) is 2.31. The molecule has 2 aliphatic heterocycles. The average Bonchev–Trinajstić information content (AvgIpc) is 2.78. The lowest BCUT2D eigenvalue weighted by Gasteiger charge is -2.25. The Labute approximate surface area is 121 Å². The molecule has 1 aromatic rings. The number of hydrogen-bond acceptors (Lipinski definition) is 4. The molecular weight excluding hydrogens is 304 g/mol. The Morgan fingerprint density at radius 3 is 2.80 bits per heavy atom. The van der Waals surface area contributed by atoms with Crippen molar-refractivity contribution in [2.75, 3.05) is 18.5 Å². The highest BCUT2D eigenvalue weighted by Crippen LogP contribution is 2.34. The van der Waals surface area contributed by atoms with Gasteiger partial charge in [0.05, 0.1) is 18.1 Å². The summed E-state index contributed by atoms with van der Waals surface area (Å²) < 4.78 is 26.0. The van der Waals surface area contributed by atoms with Crippen molar-refractivity contribution in [3.63, 3.8) is 0 Å². The van der Waals surface area contributed by atoms with Crippen LogP contribution in [0.3, 0.4) is 0 Å². The number of carbonyl (C=O) groups is 1. The SMILES string of the molecule is O=C1Cc2cc(S(=O)(=O)N3CCCCO3)c(Cl)cc2N1. The molecule has 6 nitrogen and oxygen atoms in total. The number of nitrogens with one attached hydrogen (secondary N) is 1. The Kier molecular flexibility index (Phi) is 3.45. The highest BCUT2D eigenvalue weighted by Gasteiger charge is 2.31. The summed E-state index contributed by atoms with van der Waals surface area (Å²) in [7, 11) is -3.79. The number of fused-ring (bicyclic) bond motifs is 1. The average molecular weight is 317 g/mol. The number of hydrogen-bond donors (Lipinski definition) is 1. The van der Waals surface area contributed by atoms with Crippen LogP contribution in [0.15, 0.2) is 17.0 Å². The molecule has 0 atom stereocenters. The van der Waals surface area contributed by atoms with Gasteiger partial charge in [-0.05, 0) is 30.5 Å². The zero-order valence-electron chi connectivity index (χ0n) is 10.6. The van der Waals surface area contributed by atoms with Crippen molar-refractivity contribution in [1.82, 2.24) is 4.47 Å². The first-order valence-electron chi connectivity index (χ1n) is 6.26. The number of amides is 1. The highest BCUT2D eigenvalue weighted by atomic mass is 35.5. The van der Waals surface area contributed by atoms with Gasteiger partial charge in [0.15, 0.2) is 0 Å². The van der Waals surface area contributed by atoms with Gasteiger partial charge < -0.3 is 5.32 Å². The van der Waals surface area contributed by atoms with E-state index in [1.165, 1.54) is 12.1 Å². The van der Waals surface area contributed by atoms with Gasteiger partial charge in [-0.2, -0.15) is 0 Å². The molecule has 8 heteroatoms. The highest BCUT2D eigenvalue weighted by molar-refractivity contribution is 7.89. The number of rotatable bonds is 2. The van der Waals surface area contributed by atoms with Crippen molar-refractivity contribution >= 4 is 33.2 Å². The van der Waals surface area contributed by atoms with Crippen LogP contribution in [-0.2, 0) is 26.1 Å². The lowest BCUT2D eigenvalue weighted by atomic mass is 10.2. The molecule has 108 valence electrons. The van der Waals surface area contributed by atoms with Crippen LogP contribution in [0.25, 0.3) is 0 Å². The van der Waals surface area contributed by atoms with E-state index < -0.39 is 10.0 Å². The van der Waals surface area contributed by atoms with Gasteiger partial charge in [-0.15, -0.1) is 0 Å². The van der Waals surface area contributed by atoms with Crippen LogP contribution in [0.2, 0.25) is 5.02 Å². The normalized spacial score (nSPS) is 19.8. The van der Waals surface area contributed by atoms with E-state index in [-0.39, 0.29) is 22.2 Å². The van der Waals surface area contributed by atoms with Gasteiger partial charge in [-0.1, -0.05) is 16.1 Å². The van der Waals surface area contributed by atoms with Crippen LogP contribution in [0, 0.1) is 0 Å². The summed E-state index contributed by atoms with van der Waals surface area (Å²) in [6.07, 6.45) is 1.75. The quantitative estimate of drug-likeness (QED) is 0.898. The van der Waals surface area contributed by atoms with Gasteiger partial charge in [0.1, 0.15) is 4.90 Å². The van der Waals surface area contributed by atoms with Crippen molar-refractivity contribution in [2.45, 2.75) is 24.2 Å². The van der Waals surface area contributed by atoms with Gasteiger partial charge in [0.25, 0.3) is 10.0 Å². The maximum absolute atomic E-state index is 12.5. The summed E-state index contributed by atoms with van der Waals surface area (Å²) in [5.74, 6) is -0.167. The number of carbonyl (C=O) groups excluding carboxylic acids is 1. The predicted octanol–water partition coefficient (Wildman–Crippen LogP) is 1.55. The molecule has 2 heterocycles. The van der Waals surface area contributed by atoms with Gasteiger partial charge >= 0.3 is 0 Å². The second-order valence-corrected chi connectivity index (χ2v) is 6.94. The van der Waals surface area contributed by atoms with Crippen molar-refractivity contribution in [3.05, 3.63) is 22.7 Å². The second-order valence-electron chi connectivity index (χ2n) is 4.74. The minimum absolute atomic E-state index is 0.0173. The van der Waals surface area contributed by atoms with E-state index in [9.17, 15) is 13.2 Å². The van der Waals surface area contributed by atoms with Crippen LogP contribution in [0.1, 0.15) is 18.4 Å². The minimum Gasteiger partial charge on any atom is -0.325 e. The Bertz CT molecular complexity index is 668. The molecular formula is C12H13ClN2O4S. The zero-order chi connectivity index (χ0) is 14.3. The maximum atomic E-state index is 12.5. The number of anilines is 1. The summed E-state index contributed by atoms with van der Waals surface area (Å²) in [5.41, 5.74) is 1.20. The Balaban J connectivity index is 2.01. The largest absolute Gasteiger partial charge is 0.325 e. The van der Waals surface area contributed by atoms with E-state index in [2.05, 4.69) is 5.32 Å². The Hall–Kier alpha value is -1.15. The monoisotopic (exact) mass is 316 g/mol. The lowest BCUT2D eigenvalue weighted by Crippen LogP contribution is -2.35. The minimum atomic E-state index is -3.79. The summed E-state index contributed by atoms with van der Waals surface area (Å²) >= 11 is 6.05. The van der Waals surface area contributed by atoms with E-state index in [1.807, 2.05) is 0 Å². The smallest absolute Gasteiger partial charge is 0.266 e. The fraction of sp³-hybridized carbons (Fsp3) is 0.417. The van der Waals surface area contributed by atoms with Gasteiger partial charge in [-0.3, -0.25) is 9.63 Å². The van der Waals surface area contributed by atoms with Crippen molar-refractivity contribution in [3.8, 4) is 0 Å².